The summed E-state index contributed by atoms with van der Waals surface area (Å²) in [7, 11) is 4.10. The van der Waals surface area contributed by atoms with Crippen LogP contribution in [0, 0.1) is 11.6 Å². The summed E-state index contributed by atoms with van der Waals surface area (Å²) in [5.74, 6) is -0.984. The molecule has 0 bridgehead atoms. The molecule has 0 spiro atoms. The monoisotopic (exact) mass is 668 g/mol. The Morgan fingerprint density at radius 3 is 1.37 bits per heavy atom. The minimum absolute atomic E-state index is 0.0473. The summed E-state index contributed by atoms with van der Waals surface area (Å²) in [5, 5.41) is 8.91. The molecule has 2 saturated carbocycles. The average molecular weight is 669 g/mol. The van der Waals surface area contributed by atoms with Crippen molar-refractivity contribution in [3.8, 4) is 22.9 Å². The molecule has 0 unspecified atom stereocenters. The number of pyridine rings is 2. The number of rotatable bonds is 6. The topological polar surface area (TPSA) is 95.9 Å². The second-order valence-corrected chi connectivity index (χ2v) is 14.2. The van der Waals surface area contributed by atoms with E-state index in [1.54, 1.807) is 24.5 Å². The van der Waals surface area contributed by atoms with Gasteiger partial charge in [0.15, 0.2) is 0 Å². The van der Waals surface area contributed by atoms with Gasteiger partial charge in [-0.15, -0.1) is 10.2 Å². The summed E-state index contributed by atoms with van der Waals surface area (Å²) < 4.78 is 41.4. The molecule has 2 aliphatic carbocycles. The standard InChI is InChI=1S/C36H38F2N8O3/c1-41-7-11-43(12-8-41)31-17-29-23(15-27(31)37)33(47)25(19-45(29)21-3-4-21)35-39-40-36(49-35)26-20-46(22-5-6-22)30-18-32(28(38)16-24(30)34(26)48)44-13-9-42(2)10-14-44/h15-22H,3-14H2,1-2H3. The van der Waals surface area contributed by atoms with Crippen LogP contribution in [0.5, 0.6) is 0 Å². The van der Waals surface area contributed by atoms with E-state index in [-0.39, 0.29) is 45.8 Å². The Bertz CT molecular complexity index is 2080. The lowest BCUT2D eigenvalue weighted by atomic mass is 10.1. The minimum Gasteiger partial charge on any atom is -0.416 e. The zero-order valence-corrected chi connectivity index (χ0v) is 27.7. The lowest BCUT2D eigenvalue weighted by Gasteiger charge is -2.34. The van der Waals surface area contributed by atoms with E-state index in [4.69, 9.17) is 4.42 Å². The van der Waals surface area contributed by atoms with E-state index >= 15 is 8.78 Å². The molecule has 5 heterocycles. The summed E-state index contributed by atoms with van der Waals surface area (Å²) in [5.41, 5.74) is 1.80. The summed E-state index contributed by atoms with van der Waals surface area (Å²) in [6.45, 7) is 6.16. The largest absolute Gasteiger partial charge is 0.416 e. The number of hydrogen-bond donors (Lipinski definition) is 0. The van der Waals surface area contributed by atoms with Crippen molar-refractivity contribution in [2.45, 2.75) is 37.8 Å². The van der Waals surface area contributed by atoms with Gasteiger partial charge in [0.1, 0.15) is 22.8 Å². The molecule has 0 atom stereocenters. The minimum atomic E-state index is -0.445. The highest BCUT2D eigenvalue weighted by molar-refractivity contribution is 5.88. The molecule has 4 fully saturated rings. The van der Waals surface area contributed by atoms with Gasteiger partial charge in [0.2, 0.25) is 10.9 Å². The Kier molecular flexibility index (Phi) is 7.13. The van der Waals surface area contributed by atoms with Crippen molar-refractivity contribution < 1.29 is 13.2 Å². The molecule has 49 heavy (non-hydrogen) atoms. The molecule has 3 aromatic heterocycles. The molecule has 0 amide bonds. The third kappa shape index (κ3) is 5.30. The predicted octanol–water partition coefficient (Wildman–Crippen LogP) is 4.49. The highest BCUT2D eigenvalue weighted by atomic mass is 19.1. The zero-order valence-electron chi connectivity index (χ0n) is 27.7. The van der Waals surface area contributed by atoms with E-state index in [9.17, 15) is 9.59 Å². The highest BCUT2D eigenvalue weighted by Crippen LogP contribution is 2.41. The van der Waals surface area contributed by atoms with Gasteiger partial charge in [-0.05, 0) is 64.0 Å². The van der Waals surface area contributed by atoms with Crippen LogP contribution in [-0.2, 0) is 0 Å². The first-order valence-corrected chi connectivity index (χ1v) is 17.2. The van der Waals surface area contributed by atoms with E-state index in [0.717, 1.165) is 51.9 Å². The maximum Gasteiger partial charge on any atom is 0.253 e. The molecule has 254 valence electrons. The molecule has 2 saturated heterocycles. The van der Waals surface area contributed by atoms with Crippen LogP contribution in [-0.4, -0.2) is 95.6 Å². The Morgan fingerprint density at radius 2 is 1.00 bits per heavy atom. The Hall–Kier alpha value is -4.62. The lowest BCUT2D eigenvalue weighted by Crippen LogP contribution is -2.44. The predicted molar refractivity (Wildman–Crippen MR) is 185 cm³/mol. The van der Waals surface area contributed by atoms with Crippen LogP contribution >= 0.6 is 0 Å². The molecule has 9 rings (SSSR count). The third-order valence-corrected chi connectivity index (χ3v) is 10.7. The van der Waals surface area contributed by atoms with Crippen LogP contribution < -0.4 is 20.7 Å². The van der Waals surface area contributed by atoms with Gasteiger partial charge in [-0.2, -0.15) is 0 Å². The Morgan fingerprint density at radius 1 is 0.612 bits per heavy atom. The molecule has 5 aromatic rings. The number of nitrogens with zero attached hydrogens (tertiary/aromatic N) is 8. The summed E-state index contributed by atoms with van der Waals surface area (Å²) in [4.78, 5) is 36.3. The number of likely N-dealkylation sites (N-methyl/N-ethyl adjacent to an activating group) is 2. The van der Waals surface area contributed by atoms with Crippen LogP contribution in [0.25, 0.3) is 44.7 Å². The van der Waals surface area contributed by atoms with Crippen molar-refractivity contribution >= 4 is 33.2 Å². The second-order valence-electron chi connectivity index (χ2n) is 14.2. The molecule has 2 aromatic carbocycles. The molecule has 4 aliphatic rings. The van der Waals surface area contributed by atoms with Gasteiger partial charge in [-0.1, -0.05) is 0 Å². The molecule has 0 radical (unpaired) electrons. The van der Waals surface area contributed by atoms with Gasteiger partial charge in [-0.25, -0.2) is 8.78 Å². The molecule has 13 heteroatoms. The summed E-state index contributed by atoms with van der Waals surface area (Å²) in [6, 6.07) is 6.59. The summed E-state index contributed by atoms with van der Waals surface area (Å²) >= 11 is 0. The number of halogens is 2. The first kappa shape index (κ1) is 30.4. The molecule has 2 aliphatic heterocycles. The van der Waals surface area contributed by atoms with Crippen molar-refractivity contribution in [2.75, 3.05) is 76.3 Å². The normalized spacial score (nSPS) is 19.4. The SMILES string of the molecule is CN1CCN(c2cc3c(cc2F)c(=O)c(-c2nnc(-c4cn(C5CC5)c5cc(N6CCN(C)CC6)c(F)cc5c4=O)o2)cn3C2CC2)CC1. The fourth-order valence-corrected chi connectivity index (χ4v) is 7.35. The molecular formula is C36H38F2N8O3. The number of anilines is 2. The van der Waals surface area contributed by atoms with Gasteiger partial charge >= 0.3 is 0 Å². The van der Waals surface area contributed by atoms with Crippen LogP contribution in [0.4, 0.5) is 20.2 Å². The van der Waals surface area contributed by atoms with Crippen molar-refractivity contribution in [1.82, 2.24) is 29.1 Å². The number of piperazine rings is 2. The van der Waals surface area contributed by atoms with Crippen LogP contribution in [0.1, 0.15) is 37.8 Å². The fourth-order valence-electron chi connectivity index (χ4n) is 7.35. The van der Waals surface area contributed by atoms with Gasteiger partial charge in [-0.3, -0.25) is 9.59 Å². The smallest absolute Gasteiger partial charge is 0.253 e. The van der Waals surface area contributed by atoms with E-state index < -0.39 is 22.5 Å². The lowest BCUT2D eigenvalue weighted by molar-refractivity contribution is 0.312. The maximum absolute atomic E-state index is 15.6. The van der Waals surface area contributed by atoms with Crippen molar-refractivity contribution in [3.05, 3.63) is 68.7 Å². The van der Waals surface area contributed by atoms with Crippen LogP contribution in [0.2, 0.25) is 0 Å². The number of aromatic nitrogens is 4. The van der Waals surface area contributed by atoms with Gasteiger partial charge in [0.25, 0.3) is 11.8 Å². The van der Waals surface area contributed by atoms with E-state index in [0.29, 0.717) is 48.6 Å². The number of fused-ring (bicyclic) bond motifs is 2. The molecule has 0 N–H and O–H groups in total. The third-order valence-electron chi connectivity index (χ3n) is 10.7. The number of hydrogen-bond acceptors (Lipinski definition) is 9. The van der Waals surface area contributed by atoms with Crippen molar-refractivity contribution in [3.63, 3.8) is 0 Å². The van der Waals surface area contributed by atoms with Crippen molar-refractivity contribution in [1.29, 1.82) is 0 Å². The van der Waals surface area contributed by atoms with E-state index in [1.807, 2.05) is 18.9 Å². The second kappa shape index (κ2) is 11.5. The first-order valence-electron chi connectivity index (χ1n) is 17.2. The van der Waals surface area contributed by atoms with E-state index in [2.05, 4.69) is 34.1 Å². The number of benzene rings is 2. The quantitative estimate of drug-likeness (QED) is 0.260. The van der Waals surface area contributed by atoms with Gasteiger partial charge in [0, 0.05) is 87.6 Å². The van der Waals surface area contributed by atoms with Crippen LogP contribution in [0.3, 0.4) is 0 Å². The fraction of sp³-hybridized carbons (Fsp3) is 0.444. The van der Waals surface area contributed by atoms with Gasteiger partial charge in [0.05, 0.1) is 22.4 Å². The molecular weight excluding hydrogens is 630 g/mol. The Balaban J connectivity index is 1.12. The average Bonchev–Trinajstić information content (AvgIpc) is 4.05. The maximum atomic E-state index is 15.6. The van der Waals surface area contributed by atoms with Crippen LogP contribution in [0.15, 0.2) is 50.7 Å². The van der Waals surface area contributed by atoms with E-state index in [1.165, 1.54) is 12.1 Å². The first-order chi connectivity index (χ1) is 23.7. The van der Waals surface area contributed by atoms with Crippen molar-refractivity contribution in [2.24, 2.45) is 0 Å². The Labute approximate surface area is 280 Å². The molecule has 11 nitrogen and oxygen atoms in total. The summed E-state index contributed by atoms with van der Waals surface area (Å²) in [6.07, 6.45) is 7.22. The van der Waals surface area contributed by atoms with Gasteiger partial charge < -0.3 is 33.2 Å². The highest BCUT2D eigenvalue weighted by Gasteiger charge is 2.31. The zero-order chi connectivity index (χ0) is 33.6.